The molecule has 1 aromatic rings. The molecule has 0 saturated heterocycles. The van der Waals surface area contributed by atoms with Gasteiger partial charge in [0.2, 0.25) is 10.0 Å². The monoisotopic (exact) mass is 303 g/mol. The van der Waals surface area contributed by atoms with E-state index in [1.165, 1.54) is 0 Å². The smallest absolute Gasteiger partial charge is 0.258 e. The lowest BCUT2D eigenvalue weighted by Gasteiger charge is -2.09. The maximum absolute atomic E-state index is 12.4. The highest BCUT2D eigenvalue weighted by Gasteiger charge is 2.17. The summed E-state index contributed by atoms with van der Waals surface area (Å²) in [4.78, 5) is 12.0. The highest BCUT2D eigenvalue weighted by Crippen LogP contribution is 2.15. The van der Waals surface area contributed by atoms with E-state index in [1.54, 1.807) is 0 Å². The van der Waals surface area contributed by atoms with Gasteiger partial charge in [-0.3, -0.25) is 14.5 Å². The number of alkyl halides is 1. The van der Waals surface area contributed by atoms with Crippen LogP contribution in [0.3, 0.4) is 0 Å². The van der Waals surface area contributed by atoms with Gasteiger partial charge in [-0.05, 0) is 17.7 Å². The Balaban J connectivity index is 2.83. The number of sulfonamides is 1. The molecule has 1 N–H and O–H groups in total. The largest absolute Gasteiger partial charge is 0.269 e. The normalized spacial score (nSPS) is 12.4. The zero-order valence-electron chi connectivity index (χ0n) is 10.0. The highest BCUT2D eigenvalue weighted by molar-refractivity contribution is 7.89. The summed E-state index contributed by atoms with van der Waals surface area (Å²) in [7, 11) is -3.95. The molecule has 0 radical (unpaired) electrons. The second kappa shape index (κ2) is 6.80. The van der Waals surface area contributed by atoms with Crippen molar-refractivity contribution >= 4 is 15.7 Å². The van der Waals surface area contributed by atoms with Gasteiger partial charge in [0.25, 0.3) is 5.69 Å². The molecule has 0 saturated carbocycles. The minimum absolute atomic E-state index is 0.207. The first-order valence-corrected chi connectivity index (χ1v) is 6.73. The van der Waals surface area contributed by atoms with Crippen molar-refractivity contribution in [3.05, 3.63) is 44.8 Å². The lowest BCUT2D eigenvalue weighted by molar-refractivity contribution is -0.384. The number of nitrogens with zero attached hydrogens (tertiary/aromatic N) is 4. The van der Waals surface area contributed by atoms with E-state index >= 15 is 0 Å². The van der Waals surface area contributed by atoms with Gasteiger partial charge in [-0.15, -0.1) is 0 Å². The van der Waals surface area contributed by atoms with Crippen LogP contribution in [0.1, 0.15) is 0 Å². The number of non-ortho nitro benzene ring substituents is 1. The number of azide groups is 1. The van der Waals surface area contributed by atoms with Crippen molar-refractivity contribution in [3.63, 3.8) is 0 Å². The molecule has 0 amide bonds. The van der Waals surface area contributed by atoms with Crippen LogP contribution >= 0.6 is 0 Å². The molecule has 0 bridgehead atoms. The predicted octanol–water partition coefficient (Wildman–Crippen LogP) is 1.52. The topological polar surface area (TPSA) is 138 Å². The van der Waals surface area contributed by atoms with Gasteiger partial charge in [-0.1, -0.05) is 5.11 Å². The van der Waals surface area contributed by atoms with Gasteiger partial charge in [0.1, 0.15) is 0 Å². The number of hydrogen-bond acceptors (Lipinski definition) is 5. The van der Waals surface area contributed by atoms with E-state index in [0.29, 0.717) is 0 Å². The Morgan fingerprint density at radius 1 is 1.45 bits per heavy atom. The molecular formula is C9H10FN5O4S. The Hall–Kier alpha value is -2.23. The summed E-state index contributed by atoms with van der Waals surface area (Å²) in [6.45, 7) is -1.41. The van der Waals surface area contributed by atoms with E-state index in [-0.39, 0.29) is 10.6 Å². The molecule has 0 fully saturated rings. The molecule has 0 spiro atoms. The third kappa shape index (κ3) is 4.16. The summed E-state index contributed by atoms with van der Waals surface area (Å²) in [6, 6.07) is 3.04. The van der Waals surface area contributed by atoms with Crippen LogP contribution in [0, 0.1) is 10.1 Å². The molecule has 0 aliphatic carbocycles. The summed E-state index contributed by atoms with van der Waals surface area (Å²) in [5.74, 6) is 0. The fourth-order valence-corrected chi connectivity index (χ4v) is 2.31. The van der Waals surface area contributed by atoms with E-state index in [9.17, 15) is 22.9 Å². The number of halogens is 1. The van der Waals surface area contributed by atoms with Gasteiger partial charge in [-0.2, -0.15) is 0 Å². The molecule has 1 aromatic carbocycles. The van der Waals surface area contributed by atoms with Gasteiger partial charge in [-0.25, -0.2) is 13.1 Å². The van der Waals surface area contributed by atoms with Crippen LogP contribution < -0.4 is 4.72 Å². The van der Waals surface area contributed by atoms with Gasteiger partial charge in [0.05, 0.1) is 22.5 Å². The first-order chi connectivity index (χ1) is 9.40. The average Bonchev–Trinajstić information content (AvgIpc) is 2.43. The number of nitro groups is 1. The lowest BCUT2D eigenvalue weighted by Crippen LogP contribution is -2.32. The maximum Gasteiger partial charge on any atom is 0.269 e. The fraction of sp³-hybridized carbons (Fsp3) is 0.333. The van der Waals surface area contributed by atoms with Gasteiger partial charge < -0.3 is 0 Å². The average molecular weight is 303 g/mol. The van der Waals surface area contributed by atoms with Crippen LogP contribution in [0.4, 0.5) is 10.1 Å². The zero-order valence-corrected chi connectivity index (χ0v) is 10.8. The minimum Gasteiger partial charge on any atom is -0.258 e. The quantitative estimate of drug-likeness (QED) is 0.268. The minimum atomic E-state index is -3.95. The molecule has 0 aliphatic heterocycles. The van der Waals surface area contributed by atoms with Crippen molar-refractivity contribution in [1.29, 1.82) is 0 Å². The van der Waals surface area contributed by atoms with Crippen LogP contribution in [0.25, 0.3) is 10.4 Å². The van der Waals surface area contributed by atoms with Gasteiger partial charge in [0, 0.05) is 23.6 Å². The first kappa shape index (κ1) is 15.8. The maximum atomic E-state index is 12.4. The summed E-state index contributed by atoms with van der Waals surface area (Å²) in [5.41, 5.74) is 7.90. The van der Waals surface area contributed by atoms with E-state index in [0.717, 1.165) is 24.3 Å². The molecule has 1 unspecified atom stereocenters. The molecular weight excluding hydrogens is 293 g/mol. The van der Waals surface area contributed by atoms with Crippen LogP contribution in [0.15, 0.2) is 34.3 Å². The Bertz CT molecular complexity index is 626. The number of nitrogens with one attached hydrogen (secondary N) is 1. The van der Waals surface area contributed by atoms with Crippen LogP contribution in [0.5, 0.6) is 0 Å². The van der Waals surface area contributed by atoms with E-state index < -0.39 is 34.2 Å². The van der Waals surface area contributed by atoms with Crippen molar-refractivity contribution in [2.45, 2.75) is 10.9 Å². The molecule has 1 rings (SSSR count). The molecule has 11 heteroatoms. The van der Waals surface area contributed by atoms with Crippen molar-refractivity contribution in [1.82, 2.24) is 4.72 Å². The molecule has 9 nitrogen and oxygen atoms in total. The van der Waals surface area contributed by atoms with E-state index in [2.05, 4.69) is 14.7 Å². The second-order valence-corrected chi connectivity index (χ2v) is 5.38. The summed E-state index contributed by atoms with van der Waals surface area (Å²) in [5, 5.41) is 13.5. The second-order valence-electron chi connectivity index (χ2n) is 3.62. The van der Waals surface area contributed by atoms with E-state index in [1.807, 2.05) is 0 Å². The number of nitro benzene ring substituents is 1. The molecule has 0 aromatic heterocycles. The molecule has 108 valence electrons. The molecule has 1 atom stereocenters. The predicted molar refractivity (Wildman–Crippen MR) is 67.2 cm³/mol. The van der Waals surface area contributed by atoms with E-state index in [4.69, 9.17) is 5.53 Å². The van der Waals surface area contributed by atoms with Gasteiger partial charge >= 0.3 is 0 Å². The summed E-state index contributed by atoms with van der Waals surface area (Å²) >= 11 is 0. The Morgan fingerprint density at radius 3 is 2.50 bits per heavy atom. The number of benzene rings is 1. The summed E-state index contributed by atoms with van der Waals surface area (Å²) < 4.78 is 38.0. The standard InChI is InChI=1S/C9H10FN5O4S/c10-5-7(13-14-11)6-12-20(18,19)9-3-1-8(2-4-9)15(16)17/h1-4,7,12H,5-6H2. The Labute approximate surface area is 113 Å². The molecule has 0 heterocycles. The number of rotatable bonds is 7. The fourth-order valence-electron chi connectivity index (χ4n) is 1.24. The van der Waals surface area contributed by atoms with Crippen LogP contribution in [-0.4, -0.2) is 32.6 Å². The van der Waals surface area contributed by atoms with Crippen LogP contribution in [-0.2, 0) is 10.0 Å². The first-order valence-electron chi connectivity index (χ1n) is 5.25. The van der Waals surface area contributed by atoms with Crippen molar-refractivity contribution in [2.75, 3.05) is 13.2 Å². The number of hydrogen-bond donors (Lipinski definition) is 1. The SMILES string of the molecule is [N-]=[N+]=NC(CF)CNS(=O)(=O)c1ccc([N+](=O)[O-])cc1. The molecule has 0 aliphatic rings. The third-order valence-corrected chi connectivity index (χ3v) is 3.70. The van der Waals surface area contributed by atoms with Crippen molar-refractivity contribution in [2.24, 2.45) is 5.11 Å². The Morgan fingerprint density at radius 2 is 2.05 bits per heavy atom. The van der Waals surface area contributed by atoms with Gasteiger partial charge in [0.15, 0.2) is 0 Å². The lowest BCUT2D eigenvalue weighted by atomic mass is 10.3. The highest BCUT2D eigenvalue weighted by atomic mass is 32.2. The zero-order chi connectivity index (χ0) is 15.2. The third-order valence-electron chi connectivity index (χ3n) is 2.26. The summed E-state index contributed by atoms with van der Waals surface area (Å²) in [6.07, 6.45) is 0. The van der Waals surface area contributed by atoms with Crippen LogP contribution in [0.2, 0.25) is 0 Å². The van der Waals surface area contributed by atoms with Crippen molar-refractivity contribution < 1.29 is 17.7 Å². The van der Waals surface area contributed by atoms with Crippen molar-refractivity contribution in [3.8, 4) is 0 Å². The molecule has 20 heavy (non-hydrogen) atoms. The Kier molecular flexibility index (Phi) is 5.38.